The summed E-state index contributed by atoms with van der Waals surface area (Å²) in [5.41, 5.74) is -0.459. The van der Waals surface area contributed by atoms with Crippen LogP contribution in [0.4, 0.5) is 11.4 Å². The Bertz CT molecular complexity index is 547. The fraction of sp³-hybridized carbons (Fsp3) is 0.500. The van der Waals surface area contributed by atoms with Gasteiger partial charge in [-0.15, -0.1) is 0 Å². The standard InChI is InChI=1S/C14H19N3O4/c1-2-9-6-7-15-10(8-9)14(19)16-13-11(17(20)21)4-3-5-12(13)18/h3-5,9-10,15,18H,2,6-8H2,1H3,(H,16,19). The van der Waals surface area contributed by atoms with Crippen LogP contribution in [0.3, 0.4) is 0 Å². The Hall–Kier alpha value is -2.15. The number of piperidine rings is 1. The van der Waals surface area contributed by atoms with Gasteiger partial charge in [-0.2, -0.15) is 0 Å². The van der Waals surface area contributed by atoms with E-state index in [4.69, 9.17) is 0 Å². The zero-order valence-electron chi connectivity index (χ0n) is 11.8. The molecule has 0 saturated carbocycles. The maximum absolute atomic E-state index is 12.2. The van der Waals surface area contributed by atoms with Crippen LogP contribution in [0.1, 0.15) is 26.2 Å². The van der Waals surface area contributed by atoms with Gasteiger partial charge in [-0.1, -0.05) is 19.4 Å². The Kier molecular flexibility index (Phi) is 4.74. The van der Waals surface area contributed by atoms with Crippen molar-refractivity contribution >= 4 is 17.3 Å². The van der Waals surface area contributed by atoms with E-state index < -0.39 is 4.92 Å². The molecule has 3 N–H and O–H groups in total. The molecule has 0 radical (unpaired) electrons. The van der Waals surface area contributed by atoms with Gasteiger partial charge in [-0.05, 0) is 31.4 Å². The smallest absolute Gasteiger partial charge is 0.296 e. The van der Waals surface area contributed by atoms with Gasteiger partial charge in [0.25, 0.3) is 5.69 Å². The number of phenolic OH excluding ortho intramolecular Hbond substituents is 1. The number of nitrogens with one attached hydrogen (secondary N) is 2. The summed E-state index contributed by atoms with van der Waals surface area (Å²) in [5, 5.41) is 26.3. The summed E-state index contributed by atoms with van der Waals surface area (Å²) in [6, 6.07) is 3.54. The SMILES string of the molecule is CCC1CCNC(C(=O)Nc2c(O)cccc2[N+](=O)[O-])C1. The summed E-state index contributed by atoms with van der Waals surface area (Å²) in [4.78, 5) is 22.6. The Morgan fingerprint density at radius 1 is 1.57 bits per heavy atom. The van der Waals surface area contributed by atoms with Gasteiger partial charge in [-0.3, -0.25) is 14.9 Å². The average Bonchev–Trinajstić information content (AvgIpc) is 2.49. The predicted octanol–water partition coefficient (Wildman–Crippen LogP) is 2.02. The largest absolute Gasteiger partial charge is 0.505 e. The molecule has 114 valence electrons. The van der Waals surface area contributed by atoms with Gasteiger partial charge in [0.15, 0.2) is 5.69 Å². The van der Waals surface area contributed by atoms with Crippen LogP contribution in [0.5, 0.6) is 5.75 Å². The lowest BCUT2D eigenvalue weighted by atomic mass is 9.90. The minimum atomic E-state index is -0.627. The molecule has 2 rings (SSSR count). The summed E-state index contributed by atoms with van der Waals surface area (Å²) >= 11 is 0. The normalized spacial score (nSPS) is 21.8. The molecular formula is C14H19N3O4. The second kappa shape index (κ2) is 6.53. The van der Waals surface area contributed by atoms with E-state index in [0.717, 1.165) is 19.4 Å². The second-order valence-corrected chi connectivity index (χ2v) is 5.22. The molecule has 21 heavy (non-hydrogen) atoms. The second-order valence-electron chi connectivity index (χ2n) is 5.22. The molecule has 1 aromatic rings. The van der Waals surface area contributed by atoms with Crippen LogP contribution in [0, 0.1) is 16.0 Å². The van der Waals surface area contributed by atoms with E-state index in [2.05, 4.69) is 17.6 Å². The maximum atomic E-state index is 12.2. The van der Waals surface area contributed by atoms with Crippen LogP contribution in [0.15, 0.2) is 18.2 Å². The molecular weight excluding hydrogens is 274 g/mol. The zero-order chi connectivity index (χ0) is 15.4. The number of carbonyl (C=O) groups excluding carboxylic acids is 1. The van der Waals surface area contributed by atoms with Crippen LogP contribution in [-0.2, 0) is 4.79 Å². The third-order valence-electron chi connectivity index (χ3n) is 3.87. The van der Waals surface area contributed by atoms with Crippen LogP contribution in [0.2, 0.25) is 0 Å². The third-order valence-corrected chi connectivity index (χ3v) is 3.87. The molecule has 1 heterocycles. The van der Waals surface area contributed by atoms with Crippen LogP contribution >= 0.6 is 0 Å². The number of nitrogens with zero attached hydrogens (tertiary/aromatic N) is 1. The quantitative estimate of drug-likeness (QED) is 0.447. The van der Waals surface area contributed by atoms with E-state index in [9.17, 15) is 20.0 Å². The zero-order valence-corrected chi connectivity index (χ0v) is 11.8. The van der Waals surface area contributed by atoms with Gasteiger partial charge in [0.05, 0.1) is 11.0 Å². The van der Waals surface area contributed by atoms with Crippen LogP contribution in [0.25, 0.3) is 0 Å². The minimum absolute atomic E-state index is 0.145. The third kappa shape index (κ3) is 3.49. The molecule has 1 fully saturated rings. The Morgan fingerprint density at radius 3 is 3.00 bits per heavy atom. The lowest BCUT2D eigenvalue weighted by Gasteiger charge is -2.28. The van der Waals surface area contributed by atoms with Crippen LogP contribution in [-0.4, -0.2) is 28.5 Å². The van der Waals surface area contributed by atoms with Crippen molar-refractivity contribution in [3.8, 4) is 5.75 Å². The summed E-state index contributed by atoms with van der Waals surface area (Å²) < 4.78 is 0. The Balaban J connectivity index is 2.14. The molecule has 7 heteroatoms. The van der Waals surface area contributed by atoms with Crippen molar-refractivity contribution in [1.82, 2.24) is 5.32 Å². The number of nitro groups is 1. The molecule has 1 aliphatic heterocycles. The van der Waals surface area contributed by atoms with Gasteiger partial charge in [0.2, 0.25) is 5.91 Å². The first-order chi connectivity index (χ1) is 10.0. The van der Waals surface area contributed by atoms with E-state index >= 15 is 0 Å². The summed E-state index contributed by atoms with van der Waals surface area (Å²) in [6.07, 6.45) is 2.73. The number of hydrogen-bond donors (Lipinski definition) is 3. The molecule has 7 nitrogen and oxygen atoms in total. The van der Waals surface area contributed by atoms with E-state index in [-0.39, 0.29) is 29.1 Å². The number of rotatable bonds is 4. The number of aromatic hydroxyl groups is 1. The number of hydrogen-bond acceptors (Lipinski definition) is 5. The van der Waals surface area contributed by atoms with E-state index in [0.29, 0.717) is 12.3 Å². The highest BCUT2D eigenvalue weighted by Crippen LogP contribution is 2.33. The van der Waals surface area contributed by atoms with Crippen molar-refractivity contribution in [3.63, 3.8) is 0 Å². The summed E-state index contributed by atoms with van der Waals surface area (Å²) in [6.45, 7) is 2.83. The Labute approximate surface area is 122 Å². The molecule has 0 aliphatic carbocycles. The fourth-order valence-corrected chi connectivity index (χ4v) is 2.59. The summed E-state index contributed by atoms with van der Waals surface area (Å²) in [5.74, 6) is -0.181. The number of nitro benzene ring substituents is 1. The van der Waals surface area contributed by atoms with Gasteiger partial charge in [-0.25, -0.2) is 0 Å². The van der Waals surface area contributed by atoms with Crippen molar-refractivity contribution in [1.29, 1.82) is 0 Å². The van der Waals surface area contributed by atoms with Gasteiger partial charge < -0.3 is 15.7 Å². The topological polar surface area (TPSA) is 104 Å². The van der Waals surface area contributed by atoms with Gasteiger partial charge >= 0.3 is 0 Å². The molecule has 1 aromatic carbocycles. The lowest BCUT2D eigenvalue weighted by Crippen LogP contribution is -2.46. The highest BCUT2D eigenvalue weighted by Gasteiger charge is 2.28. The average molecular weight is 293 g/mol. The first-order valence-electron chi connectivity index (χ1n) is 7.03. The number of anilines is 1. The number of carbonyl (C=O) groups is 1. The highest BCUT2D eigenvalue weighted by atomic mass is 16.6. The van der Waals surface area contributed by atoms with Gasteiger partial charge in [0.1, 0.15) is 5.75 Å². The first kappa shape index (κ1) is 15.2. The van der Waals surface area contributed by atoms with Crippen molar-refractivity contribution in [2.75, 3.05) is 11.9 Å². The molecule has 1 saturated heterocycles. The monoisotopic (exact) mass is 293 g/mol. The van der Waals surface area contributed by atoms with Crippen LogP contribution < -0.4 is 10.6 Å². The van der Waals surface area contributed by atoms with E-state index in [1.54, 1.807) is 0 Å². The summed E-state index contributed by atoms with van der Waals surface area (Å²) in [7, 11) is 0. The fourth-order valence-electron chi connectivity index (χ4n) is 2.59. The number of phenols is 1. The highest BCUT2D eigenvalue weighted by molar-refractivity contribution is 5.98. The van der Waals surface area contributed by atoms with Crippen molar-refractivity contribution < 1.29 is 14.8 Å². The molecule has 0 spiro atoms. The number of benzene rings is 1. The molecule has 1 amide bonds. The number of amides is 1. The molecule has 0 aromatic heterocycles. The van der Waals surface area contributed by atoms with Crippen molar-refractivity contribution in [2.24, 2.45) is 5.92 Å². The lowest BCUT2D eigenvalue weighted by molar-refractivity contribution is -0.384. The predicted molar refractivity (Wildman–Crippen MR) is 78.2 cm³/mol. The van der Waals surface area contributed by atoms with Crippen molar-refractivity contribution in [3.05, 3.63) is 28.3 Å². The first-order valence-corrected chi connectivity index (χ1v) is 7.03. The van der Waals surface area contributed by atoms with Gasteiger partial charge in [0, 0.05) is 6.07 Å². The maximum Gasteiger partial charge on any atom is 0.296 e. The molecule has 1 aliphatic rings. The minimum Gasteiger partial charge on any atom is -0.505 e. The van der Waals surface area contributed by atoms with Crippen molar-refractivity contribution in [2.45, 2.75) is 32.2 Å². The molecule has 2 unspecified atom stereocenters. The molecule has 2 atom stereocenters. The van der Waals surface area contributed by atoms with E-state index in [1.165, 1.54) is 18.2 Å². The molecule has 0 bridgehead atoms. The van der Waals surface area contributed by atoms with E-state index in [1.807, 2.05) is 0 Å². The Morgan fingerprint density at radius 2 is 2.33 bits per heavy atom. The number of para-hydroxylation sites is 1.